The number of nitrogens with zero attached hydrogens (tertiary/aromatic N) is 1. The number of carbonyl (C=O) groups is 1. The molecule has 0 unspecified atom stereocenters. The fourth-order valence-corrected chi connectivity index (χ4v) is 2.78. The quantitative estimate of drug-likeness (QED) is 0.414. The lowest BCUT2D eigenvalue weighted by atomic mass is 10.2. The molecule has 154 valence electrons. The van der Waals surface area contributed by atoms with Gasteiger partial charge in [-0.3, -0.25) is 4.79 Å². The molecule has 0 bridgehead atoms. The molecule has 0 saturated carbocycles. The van der Waals surface area contributed by atoms with Gasteiger partial charge in [-0.2, -0.15) is 5.10 Å². The van der Waals surface area contributed by atoms with Gasteiger partial charge in [0.1, 0.15) is 24.1 Å². The van der Waals surface area contributed by atoms with Crippen LogP contribution in [0.15, 0.2) is 84.0 Å². The van der Waals surface area contributed by atoms with Gasteiger partial charge in [-0.1, -0.05) is 54.6 Å². The van der Waals surface area contributed by atoms with Gasteiger partial charge >= 0.3 is 0 Å². The van der Waals surface area contributed by atoms with E-state index in [9.17, 15) is 4.79 Å². The van der Waals surface area contributed by atoms with Crippen LogP contribution < -0.4 is 20.2 Å². The Morgan fingerprint density at radius 3 is 2.40 bits per heavy atom. The van der Waals surface area contributed by atoms with Crippen LogP contribution in [0.1, 0.15) is 18.1 Å². The Hall–Kier alpha value is -3.80. The number of hydrazone groups is 1. The molecule has 0 spiro atoms. The lowest BCUT2D eigenvalue weighted by Gasteiger charge is -2.15. The van der Waals surface area contributed by atoms with Crippen LogP contribution in [0.3, 0.4) is 0 Å². The summed E-state index contributed by atoms with van der Waals surface area (Å²) in [6.07, 6.45) is 1.58. The van der Waals surface area contributed by atoms with Gasteiger partial charge in [0.15, 0.2) is 0 Å². The largest absolute Gasteiger partial charge is 0.495 e. The second-order valence-electron chi connectivity index (χ2n) is 6.61. The molecule has 0 aliphatic heterocycles. The predicted molar refractivity (Wildman–Crippen MR) is 119 cm³/mol. The second kappa shape index (κ2) is 10.7. The van der Waals surface area contributed by atoms with Gasteiger partial charge < -0.3 is 14.8 Å². The molecule has 0 aromatic heterocycles. The van der Waals surface area contributed by atoms with Crippen molar-refractivity contribution in [2.24, 2.45) is 5.10 Å². The normalized spacial score (nSPS) is 11.7. The van der Waals surface area contributed by atoms with Gasteiger partial charge in [-0.15, -0.1) is 0 Å². The number of hydrogen-bond acceptors (Lipinski definition) is 5. The van der Waals surface area contributed by atoms with Crippen LogP contribution in [0.4, 0.5) is 5.69 Å². The standard InChI is InChI=1S/C24H25N3O3/c1-18(26-21-13-7-9-15-23(21)29-2)24(28)27-25-16-20-12-6-8-14-22(20)30-17-19-10-4-3-5-11-19/h3-16,18,26H,17H2,1-2H3,(H,27,28)/t18-/m0/s1. The van der Waals surface area contributed by atoms with E-state index < -0.39 is 6.04 Å². The number of nitrogens with one attached hydrogen (secondary N) is 2. The van der Waals surface area contributed by atoms with E-state index in [4.69, 9.17) is 9.47 Å². The van der Waals surface area contributed by atoms with Crippen molar-refractivity contribution in [2.75, 3.05) is 12.4 Å². The Kier molecular flexibility index (Phi) is 7.44. The van der Waals surface area contributed by atoms with E-state index >= 15 is 0 Å². The Morgan fingerprint density at radius 2 is 1.63 bits per heavy atom. The third-order valence-corrected chi connectivity index (χ3v) is 4.41. The van der Waals surface area contributed by atoms with Gasteiger partial charge in [0.2, 0.25) is 0 Å². The molecule has 0 fully saturated rings. The maximum atomic E-state index is 12.4. The summed E-state index contributed by atoms with van der Waals surface area (Å²) in [5, 5.41) is 7.21. The van der Waals surface area contributed by atoms with Crippen molar-refractivity contribution in [3.63, 3.8) is 0 Å². The molecule has 3 aromatic rings. The third kappa shape index (κ3) is 5.85. The summed E-state index contributed by atoms with van der Waals surface area (Å²) < 4.78 is 11.2. The fourth-order valence-electron chi connectivity index (χ4n) is 2.78. The number of ether oxygens (including phenoxy) is 2. The van der Waals surface area contributed by atoms with Crippen LogP contribution >= 0.6 is 0 Å². The van der Waals surface area contributed by atoms with E-state index in [0.29, 0.717) is 18.1 Å². The van der Waals surface area contributed by atoms with Gasteiger partial charge in [-0.25, -0.2) is 5.43 Å². The molecule has 3 aromatic carbocycles. The highest BCUT2D eigenvalue weighted by Gasteiger charge is 2.13. The smallest absolute Gasteiger partial charge is 0.262 e. The second-order valence-corrected chi connectivity index (χ2v) is 6.61. The minimum Gasteiger partial charge on any atom is -0.495 e. The van der Waals surface area contributed by atoms with Crippen LogP contribution in [-0.2, 0) is 11.4 Å². The van der Waals surface area contributed by atoms with E-state index in [1.54, 1.807) is 20.2 Å². The predicted octanol–water partition coefficient (Wildman–Crippen LogP) is 4.22. The summed E-state index contributed by atoms with van der Waals surface area (Å²) in [4.78, 5) is 12.4. The van der Waals surface area contributed by atoms with Crippen molar-refractivity contribution in [1.29, 1.82) is 0 Å². The van der Waals surface area contributed by atoms with Gasteiger partial charge in [0.05, 0.1) is 19.0 Å². The lowest BCUT2D eigenvalue weighted by molar-refractivity contribution is -0.121. The Balaban J connectivity index is 1.57. The number of hydrogen-bond donors (Lipinski definition) is 2. The number of amides is 1. The molecular formula is C24H25N3O3. The number of rotatable bonds is 9. The number of methoxy groups -OCH3 is 1. The minimum absolute atomic E-state index is 0.264. The van der Waals surface area contributed by atoms with E-state index in [1.807, 2.05) is 78.9 Å². The van der Waals surface area contributed by atoms with E-state index in [0.717, 1.165) is 16.8 Å². The summed E-state index contributed by atoms with van der Waals surface area (Å²) in [6, 6.07) is 24.4. The highest BCUT2D eigenvalue weighted by molar-refractivity contribution is 5.88. The Labute approximate surface area is 176 Å². The average molecular weight is 403 g/mol. The molecule has 0 heterocycles. The number of benzene rings is 3. The first-order valence-electron chi connectivity index (χ1n) is 9.65. The van der Waals surface area contributed by atoms with Crippen LogP contribution in [0.25, 0.3) is 0 Å². The minimum atomic E-state index is -0.497. The first-order chi connectivity index (χ1) is 14.7. The molecule has 2 N–H and O–H groups in total. The average Bonchev–Trinajstić information content (AvgIpc) is 2.79. The van der Waals surface area contributed by atoms with E-state index in [-0.39, 0.29) is 5.91 Å². The number of carbonyl (C=O) groups excluding carboxylic acids is 1. The summed E-state index contributed by atoms with van der Waals surface area (Å²) in [7, 11) is 1.59. The van der Waals surface area contributed by atoms with Crippen molar-refractivity contribution < 1.29 is 14.3 Å². The lowest BCUT2D eigenvalue weighted by Crippen LogP contribution is -2.35. The summed E-state index contributed by atoms with van der Waals surface area (Å²) in [5.41, 5.74) is 5.16. The molecule has 0 radical (unpaired) electrons. The molecule has 3 rings (SSSR count). The van der Waals surface area contributed by atoms with E-state index in [1.165, 1.54) is 0 Å². The summed E-state index contributed by atoms with van der Waals surface area (Å²) >= 11 is 0. The zero-order valence-electron chi connectivity index (χ0n) is 17.0. The summed E-state index contributed by atoms with van der Waals surface area (Å²) in [5.74, 6) is 1.10. The van der Waals surface area contributed by atoms with Crippen molar-refractivity contribution >= 4 is 17.8 Å². The maximum Gasteiger partial charge on any atom is 0.262 e. The summed E-state index contributed by atoms with van der Waals surface area (Å²) in [6.45, 7) is 2.21. The third-order valence-electron chi connectivity index (χ3n) is 4.41. The van der Waals surface area contributed by atoms with Crippen LogP contribution in [0.2, 0.25) is 0 Å². The van der Waals surface area contributed by atoms with Crippen LogP contribution in [0.5, 0.6) is 11.5 Å². The van der Waals surface area contributed by atoms with Gasteiger partial charge in [0, 0.05) is 5.56 Å². The molecule has 1 amide bonds. The molecular weight excluding hydrogens is 378 g/mol. The maximum absolute atomic E-state index is 12.4. The molecule has 0 aliphatic rings. The Bertz CT molecular complexity index is 990. The molecule has 1 atom stereocenters. The van der Waals surface area contributed by atoms with Crippen molar-refractivity contribution in [3.05, 3.63) is 90.0 Å². The van der Waals surface area contributed by atoms with Crippen LogP contribution in [-0.4, -0.2) is 25.3 Å². The molecule has 6 nitrogen and oxygen atoms in total. The zero-order chi connectivity index (χ0) is 21.2. The SMILES string of the molecule is COc1ccccc1N[C@@H](C)C(=O)NN=Cc1ccccc1OCc1ccccc1. The molecule has 0 saturated heterocycles. The van der Waals surface area contributed by atoms with Crippen molar-refractivity contribution in [3.8, 4) is 11.5 Å². The van der Waals surface area contributed by atoms with E-state index in [2.05, 4.69) is 15.8 Å². The number of anilines is 1. The monoisotopic (exact) mass is 403 g/mol. The van der Waals surface area contributed by atoms with Crippen molar-refractivity contribution in [1.82, 2.24) is 5.43 Å². The van der Waals surface area contributed by atoms with Gasteiger partial charge in [-0.05, 0) is 36.8 Å². The topological polar surface area (TPSA) is 72.0 Å². The fraction of sp³-hybridized carbons (Fsp3) is 0.167. The first kappa shape index (κ1) is 20.9. The number of para-hydroxylation sites is 3. The highest BCUT2D eigenvalue weighted by Crippen LogP contribution is 2.23. The molecule has 30 heavy (non-hydrogen) atoms. The van der Waals surface area contributed by atoms with Crippen molar-refractivity contribution in [2.45, 2.75) is 19.6 Å². The zero-order valence-corrected chi connectivity index (χ0v) is 17.0. The first-order valence-corrected chi connectivity index (χ1v) is 9.65. The molecule has 0 aliphatic carbocycles. The highest BCUT2D eigenvalue weighted by atomic mass is 16.5. The molecule has 6 heteroatoms. The Morgan fingerprint density at radius 1 is 0.967 bits per heavy atom. The van der Waals surface area contributed by atoms with Crippen LogP contribution in [0, 0.1) is 0 Å². The van der Waals surface area contributed by atoms with Gasteiger partial charge in [0.25, 0.3) is 5.91 Å².